The Kier molecular flexibility index (Phi) is 7.41. The number of nitrogens with zero attached hydrogens (tertiary/aromatic N) is 1. The summed E-state index contributed by atoms with van der Waals surface area (Å²) < 4.78 is 0. The van der Waals surface area contributed by atoms with Gasteiger partial charge < -0.3 is 15.3 Å². The van der Waals surface area contributed by atoms with Gasteiger partial charge in [0.05, 0.1) is 0 Å². The maximum atomic E-state index is 12.1. The van der Waals surface area contributed by atoms with Crippen molar-refractivity contribution in [3.05, 3.63) is 0 Å². The van der Waals surface area contributed by atoms with Crippen molar-refractivity contribution in [3.63, 3.8) is 0 Å². The van der Waals surface area contributed by atoms with Gasteiger partial charge >= 0.3 is 12.0 Å². The van der Waals surface area contributed by atoms with Crippen LogP contribution in [0.15, 0.2) is 0 Å². The molecule has 1 aliphatic carbocycles. The van der Waals surface area contributed by atoms with E-state index in [4.69, 9.17) is 5.11 Å². The molecule has 0 aromatic heterocycles. The van der Waals surface area contributed by atoms with Crippen molar-refractivity contribution in [2.24, 2.45) is 11.8 Å². The lowest BCUT2D eigenvalue weighted by atomic mass is 10.0. The number of aliphatic carboxylic acids is 1. The number of nitrogens with one attached hydrogen (secondary N) is 1. The van der Waals surface area contributed by atoms with Crippen LogP contribution in [0.25, 0.3) is 0 Å². The normalized spacial score (nSPS) is 15.7. The Labute approximate surface area is 121 Å². The average Bonchev–Trinajstić information content (AvgIpc) is 3.19. The van der Waals surface area contributed by atoms with Crippen LogP contribution in [0.3, 0.4) is 0 Å². The highest BCUT2D eigenvalue weighted by atomic mass is 16.4. The van der Waals surface area contributed by atoms with Gasteiger partial charge in [-0.1, -0.05) is 13.8 Å². The lowest BCUT2D eigenvalue weighted by Crippen LogP contribution is -2.42. The number of carbonyl (C=O) groups excluding carboxylic acids is 1. The molecule has 20 heavy (non-hydrogen) atoms. The zero-order valence-corrected chi connectivity index (χ0v) is 12.7. The Bertz CT molecular complexity index is 316. The first-order chi connectivity index (χ1) is 9.52. The number of carboxylic acids is 1. The summed E-state index contributed by atoms with van der Waals surface area (Å²) in [6.07, 6.45) is 5.20. The molecule has 0 radical (unpaired) electrons. The standard InChI is InChI=1S/C15H28N2O3/c1-3-10-17(11-13-5-6-13)15(20)16-9-8-12(2)4-7-14(18)19/h12-13H,3-11H2,1-2H3,(H,16,20)(H,18,19). The predicted molar refractivity (Wildman–Crippen MR) is 78.6 cm³/mol. The fraction of sp³-hybridized carbons (Fsp3) is 0.867. The Morgan fingerprint density at radius 1 is 1.35 bits per heavy atom. The highest BCUT2D eigenvalue weighted by Gasteiger charge is 2.26. The fourth-order valence-corrected chi connectivity index (χ4v) is 2.21. The summed E-state index contributed by atoms with van der Waals surface area (Å²) in [5, 5.41) is 11.6. The van der Waals surface area contributed by atoms with Gasteiger partial charge in [-0.15, -0.1) is 0 Å². The topological polar surface area (TPSA) is 69.6 Å². The third-order valence-electron chi connectivity index (χ3n) is 3.72. The van der Waals surface area contributed by atoms with Gasteiger partial charge in [-0.25, -0.2) is 4.79 Å². The minimum absolute atomic E-state index is 0.0317. The molecule has 0 spiro atoms. The average molecular weight is 284 g/mol. The van der Waals surface area contributed by atoms with Crippen LogP contribution in [-0.2, 0) is 4.79 Å². The maximum absolute atomic E-state index is 12.1. The van der Waals surface area contributed by atoms with Crippen molar-refractivity contribution in [1.82, 2.24) is 10.2 Å². The summed E-state index contributed by atoms with van der Waals surface area (Å²) in [5.74, 6) is 0.288. The van der Waals surface area contributed by atoms with Gasteiger partial charge in [-0.05, 0) is 43.9 Å². The number of carboxylic acid groups (broad SMARTS) is 1. The summed E-state index contributed by atoms with van der Waals surface area (Å²) in [5.41, 5.74) is 0. The number of amides is 2. The van der Waals surface area contributed by atoms with Crippen LogP contribution in [0, 0.1) is 11.8 Å². The van der Waals surface area contributed by atoms with E-state index < -0.39 is 5.97 Å². The lowest BCUT2D eigenvalue weighted by Gasteiger charge is -2.23. The SMILES string of the molecule is CCCN(CC1CC1)C(=O)NCCC(C)CCC(=O)O. The van der Waals surface area contributed by atoms with E-state index in [2.05, 4.69) is 12.2 Å². The largest absolute Gasteiger partial charge is 0.481 e. The van der Waals surface area contributed by atoms with Gasteiger partial charge in [-0.3, -0.25) is 4.79 Å². The molecule has 1 aliphatic rings. The lowest BCUT2D eigenvalue weighted by molar-refractivity contribution is -0.137. The van der Waals surface area contributed by atoms with E-state index in [0.717, 1.165) is 25.9 Å². The van der Waals surface area contributed by atoms with Crippen molar-refractivity contribution in [2.45, 2.75) is 52.4 Å². The second-order valence-electron chi connectivity index (χ2n) is 5.95. The third kappa shape index (κ3) is 7.36. The summed E-state index contributed by atoms with van der Waals surface area (Å²) >= 11 is 0. The van der Waals surface area contributed by atoms with Crippen LogP contribution in [0.2, 0.25) is 0 Å². The summed E-state index contributed by atoms with van der Waals surface area (Å²) in [4.78, 5) is 24.5. The summed E-state index contributed by atoms with van der Waals surface area (Å²) in [7, 11) is 0. The molecule has 5 nitrogen and oxygen atoms in total. The molecule has 1 rings (SSSR count). The van der Waals surface area contributed by atoms with E-state index in [1.807, 2.05) is 11.8 Å². The first kappa shape index (κ1) is 16.8. The van der Waals surface area contributed by atoms with Crippen molar-refractivity contribution in [1.29, 1.82) is 0 Å². The van der Waals surface area contributed by atoms with E-state index in [0.29, 0.717) is 24.8 Å². The van der Waals surface area contributed by atoms with Gasteiger partial charge in [0, 0.05) is 26.1 Å². The quantitative estimate of drug-likeness (QED) is 0.648. The van der Waals surface area contributed by atoms with Crippen LogP contribution in [-0.4, -0.2) is 41.6 Å². The van der Waals surface area contributed by atoms with Gasteiger partial charge in [0.1, 0.15) is 0 Å². The Morgan fingerprint density at radius 3 is 2.60 bits per heavy atom. The van der Waals surface area contributed by atoms with Crippen molar-refractivity contribution in [2.75, 3.05) is 19.6 Å². The van der Waals surface area contributed by atoms with Crippen molar-refractivity contribution in [3.8, 4) is 0 Å². The molecule has 0 aromatic rings. The van der Waals surface area contributed by atoms with Gasteiger partial charge in [-0.2, -0.15) is 0 Å². The van der Waals surface area contributed by atoms with E-state index >= 15 is 0 Å². The Hall–Kier alpha value is -1.26. The van der Waals surface area contributed by atoms with Gasteiger partial charge in [0.25, 0.3) is 0 Å². The molecule has 1 unspecified atom stereocenters. The number of rotatable bonds is 10. The van der Waals surface area contributed by atoms with Crippen LogP contribution in [0.5, 0.6) is 0 Å². The minimum atomic E-state index is -0.751. The van der Waals surface area contributed by atoms with E-state index in [9.17, 15) is 9.59 Å². The van der Waals surface area contributed by atoms with E-state index in [1.165, 1.54) is 12.8 Å². The third-order valence-corrected chi connectivity index (χ3v) is 3.72. The van der Waals surface area contributed by atoms with Gasteiger partial charge in [0.15, 0.2) is 0 Å². The second-order valence-corrected chi connectivity index (χ2v) is 5.95. The minimum Gasteiger partial charge on any atom is -0.481 e. The number of urea groups is 1. The molecule has 2 N–H and O–H groups in total. The molecule has 0 aliphatic heterocycles. The predicted octanol–water partition coefficient (Wildman–Crippen LogP) is 2.71. The summed E-state index contributed by atoms with van der Waals surface area (Å²) in [6, 6.07) is 0.0317. The second kappa shape index (κ2) is 8.82. The Balaban J connectivity index is 2.17. The van der Waals surface area contributed by atoms with Crippen molar-refractivity contribution >= 4 is 12.0 Å². The molecule has 0 aromatic carbocycles. The van der Waals surface area contributed by atoms with Crippen LogP contribution < -0.4 is 5.32 Å². The van der Waals surface area contributed by atoms with Crippen LogP contribution in [0.1, 0.15) is 52.4 Å². The molecular weight excluding hydrogens is 256 g/mol. The number of carbonyl (C=O) groups is 2. The van der Waals surface area contributed by atoms with Crippen LogP contribution in [0.4, 0.5) is 4.79 Å². The first-order valence-corrected chi connectivity index (χ1v) is 7.77. The fourth-order valence-electron chi connectivity index (χ4n) is 2.21. The van der Waals surface area contributed by atoms with Crippen molar-refractivity contribution < 1.29 is 14.7 Å². The van der Waals surface area contributed by atoms with Crippen LogP contribution >= 0.6 is 0 Å². The monoisotopic (exact) mass is 284 g/mol. The maximum Gasteiger partial charge on any atom is 0.317 e. The highest BCUT2D eigenvalue weighted by molar-refractivity contribution is 5.74. The molecule has 0 saturated heterocycles. The zero-order chi connectivity index (χ0) is 15.0. The molecular formula is C15H28N2O3. The first-order valence-electron chi connectivity index (χ1n) is 7.77. The molecule has 2 amide bonds. The molecule has 1 fully saturated rings. The Morgan fingerprint density at radius 2 is 2.05 bits per heavy atom. The van der Waals surface area contributed by atoms with Gasteiger partial charge in [0.2, 0.25) is 0 Å². The molecule has 0 bridgehead atoms. The zero-order valence-electron chi connectivity index (χ0n) is 12.7. The molecule has 0 heterocycles. The molecule has 5 heteroatoms. The van der Waals surface area contributed by atoms with E-state index in [-0.39, 0.29) is 12.5 Å². The molecule has 1 atom stereocenters. The number of hydrogen-bond donors (Lipinski definition) is 2. The summed E-state index contributed by atoms with van der Waals surface area (Å²) in [6.45, 7) is 6.44. The smallest absolute Gasteiger partial charge is 0.317 e. The number of hydrogen-bond acceptors (Lipinski definition) is 2. The molecule has 1 saturated carbocycles. The van der Waals surface area contributed by atoms with E-state index in [1.54, 1.807) is 0 Å². The highest BCUT2D eigenvalue weighted by Crippen LogP contribution is 2.29. The molecule has 116 valence electrons.